The van der Waals surface area contributed by atoms with Crippen molar-refractivity contribution in [2.24, 2.45) is 5.41 Å². The predicted molar refractivity (Wildman–Crippen MR) is 76.8 cm³/mol. The minimum atomic E-state index is -0.610. The van der Waals surface area contributed by atoms with Crippen LogP contribution in [0.25, 0.3) is 0 Å². The first-order chi connectivity index (χ1) is 9.20. The molecule has 0 bridgehead atoms. The first kappa shape index (κ1) is 16.4. The molecule has 3 N–H and O–H groups in total. The zero-order valence-corrected chi connectivity index (χ0v) is 12.5. The molecule has 0 aromatic heterocycles. The van der Waals surface area contributed by atoms with Crippen LogP contribution in [0.5, 0.6) is 0 Å². The van der Waals surface area contributed by atoms with E-state index in [1.165, 1.54) is 6.07 Å². The number of aliphatic hydroxyl groups excluding tert-OH is 1. The van der Waals surface area contributed by atoms with E-state index in [1.54, 1.807) is 19.1 Å². The Morgan fingerprint density at radius 2 is 2.00 bits per heavy atom. The van der Waals surface area contributed by atoms with Gasteiger partial charge in [0.2, 0.25) is 0 Å². The lowest BCUT2D eigenvalue weighted by atomic mass is 9.89. The van der Waals surface area contributed by atoms with Gasteiger partial charge in [-0.15, -0.1) is 0 Å². The highest BCUT2D eigenvalue weighted by molar-refractivity contribution is 5.73. The number of aryl methyl sites for hydroxylation is 1. The van der Waals surface area contributed by atoms with E-state index in [4.69, 9.17) is 0 Å². The number of halogens is 1. The highest BCUT2D eigenvalue weighted by Crippen LogP contribution is 2.18. The monoisotopic (exact) mass is 282 g/mol. The van der Waals surface area contributed by atoms with Gasteiger partial charge in [-0.05, 0) is 29.5 Å². The average Bonchev–Trinajstić information content (AvgIpc) is 2.36. The third-order valence-electron chi connectivity index (χ3n) is 3.13. The first-order valence-electron chi connectivity index (χ1n) is 6.65. The highest BCUT2D eigenvalue weighted by Gasteiger charge is 2.22. The molecule has 1 rings (SSSR count). The predicted octanol–water partition coefficient (Wildman–Crippen LogP) is 2.34. The molecule has 4 nitrogen and oxygen atoms in total. The lowest BCUT2D eigenvalue weighted by molar-refractivity contribution is 0.0650. The molecule has 1 unspecified atom stereocenters. The first-order valence-corrected chi connectivity index (χ1v) is 6.65. The van der Waals surface area contributed by atoms with Crippen molar-refractivity contribution < 1.29 is 14.3 Å². The standard InChI is InChI=1S/C15H23FN2O2/c1-10-7-11(5-6-12(10)16)8-17-14(20)18-9-13(19)15(2,3)4/h5-7,13,19H,8-9H2,1-4H3,(H2,17,18,20). The van der Waals surface area contributed by atoms with Gasteiger partial charge in [0.05, 0.1) is 6.10 Å². The SMILES string of the molecule is Cc1cc(CNC(=O)NCC(O)C(C)(C)C)ccc1F. The van der Waals surface area contributed by atoms with Gasteiger partial charge in [0.25, 0.3) is 0 Å². The second kappa shape index (κ2) is 6.70. The van der Waals surface area contributed by atoms with Crippen LogP contribution >= 0.6 is 0 Å². The van der Waals surface area contributed by atoms with Crippen molar-refractivity contribution >= 4 is 6.03 Å². The van der Waals surface area contributed by atoms with E-state index in [0.29, 0.717) is 12.1 Å². The molecule has 1 atom stereocenters. The fourth-order valence-electron chi connectivity index (χ4n) is 1.56. The van der Waals surface area contributed by atoms with E-state index in [9.17, 15) is 14.3 Å². The van der Waals surface area contributed by atoms with Crippen LogP contribution in [0.2, 0.25) is 0 Å². The lowest BCUT2D eigenvalue weighted by Crippen LogP contribution is -2.43. The van der Waals surface area contributed by atoms with Crippen LogP contribution in [0.1, 0.15) is 31.9 Å². The zero-order chi connectivity index (χ0) is 15.3. The largest absolute Gasteiger partial charge is 0.391 e. The Labute approximate surface area is 119 Å². The molecule has 0 fully saturated rings. The maximum atomic E-state index is 13.1. The molecule has 0 spiro atoms. The molecule has 0 aliphatic heterocycles. The van der Waals surface area contributed by atoms with Crippen LogP contribution in [0.15, 0.2) is 18.2 Å². The van der Waals surface area contributed by atoms with Crippen molar-refractivity contribution in [3.05, 3.63) is 35.1 Å². The maximum absolute atomic E-state index is 13.1. The van der Waals surface area contributed by atoms with Crippen molar-refractivity contribution in [3.63, 3.8) is 0 Å². The zero-order valence-electron chi connectivity index (χ0n) is 12.5. The quantitative estimate of drug-likeness (QED) is 0.794. The Morgan fingerprint density at radius 3 is 2.55 bits per heavy atom. The summed E-state index contributed by atoms with van der Waals surface area (Å²) in [5.41, 5.74) is 1.10. The molecule has 0 aliphatic rings. The molecule has 1 aromatic rings. The maximum Gasteiger partial charge on any atom is 0.315 e. The van der Waals surface area contributed by atoms with Gasteiger partial charge >= 0.3 is 6.03 Å². The van der Waals surface area contributed by atoms with Crippen LogP contribution < -0.4 is 10.6 Å². The smallest absolute Gasteiger partial charge is 0.315 e. The van der Waals surface area contributed by atoms with E-state index < -0.39 is 6.10 Å². The number of aliphatic hydroxyl groups is 1. The number of urea groups is 1. The topological polar surface area (TPSA) is 61.4 Å². The third-order valence-corrected chi connectivity index (χ3v) is 3.13. The van der Waals surface area contributed by atoms with E-state index in [0.717, 1.165) is 5.56 Å². The van der Waals surface area contributed by atoms with Crippen LogP contribution in [0.4, 0.5) is 9.18 Å². The molecule has 0 saturated heterocycles. The summed E-state index contributed by atoms with van der Waals surface area (Å²) in [5.74, 6) is -0.258. The fourth-order valence-corrected chi connectivity index (χ4v) is 1.56. The molecule has 2 amide bonds. The Morgan fingerprint density at radius 1 is 1.35 bits per heavy atom. The molecule has 0 radical (unpaired) electrons. The number of carbonyl (C=O) groups is 1. The molecular weight excluding hydrogens is 259 g/mol. The van der Waals surface area contributed by atoms with Crippen molar-refractivity contribution in [2.75, 3.05) is 6.54 Å². The highest BCUT2D eigenvalue weighted by atomic mass is 19.1. The number of nitrogens with one attached hydrogen (secondary N) is 2. The van der Waals surface area contributed by atoms with Crippen molar-refractivity contribution in [2.45, 2.75) is 40.3 Å². The van der Waals surface area contributed by atoms with E-state index in [-0.39, 0.29) is 23.8 Å². The van der Waals surface area contributed by atoms with E-state index in [1.807, 2.05) is 20.8 Å². The summed E-state index contributed by atoms with van der Waals surface area (Å²) in [5, 5.41) is 15.1. The molecule has 5 heteroatoms. The summed E-state index contributed by atoms with van der Waals surface area (Å²) >= 11 is 0. The van der Waals surface area contributed by atoms with Crippen LogP contribution in [0, 0.1) is 18.2 Å². The molecule has 0 saturated carbocycles. The van der Waals surface area contributed by atoms with Gasteiger partial charge in [-0.1, -0.05) is 32.9 Å². The molecule has 0 heterocycles. The van der Waals surface area contributed by atoms with Gasteiger partial charge in [0, 0.05) is 13.1 Å². The molecule has 112 valence electrons. The summed E-state index contributed by atoms with van der Waals surface area (Å²) in [6.45, 7) is 7.89. The minimum absolute atomic E-state index is 0.192. The lowest BCUT2D eigenvalue weighted by Gasteiger charge is -2.25. The molecule has 1 aromatic carbocycles. The Kier molecular flexibility index (Phi) is 5.51. The van der Waals surface area contributed by atoms with Gasteiger partial charge in [-0.3, -0.25) is 0 Å². The van der Waals surface area contributed by atoms with Crippen molar-refractivity contribution in [3.8, 4) is 0 Å². The minimum Gasteiger partial charge on any atom is -0.391 e. The Bertz CT molecular complexity index is 469. The van der Waals surface area contributed by atoms with Crippen molar-refractivity contribution in [1.29, 1.82) is 0 Å². The number of carbonyl (C=O) groups excluding carboxylic acids is 1. The summed E-state index contributed by atoms with van der Waals surface area (Å²) < 4.78 is 13.1. The molecular formula is C15H23FN2O2. The van der Waals surface area contributed by atoms with Gasteiger partial charge in [0.1, 0.15) is 5.82 Å². The second-order valence-electron chi connectivity index (χ2n) is 6.03. The normalized spacial score (nSPS) is 12.9. The third kappa shape index (κ3) is 5.17. The van der Waals surface area contributed by atoms with Gasteiger partial charge in [-0.25, -0.2) is 9.18 Å². The number of amides is 2. The van der Waals surface area contributed by atoms with Gasteiger partial charge < -0.3 is 15.7 Å². The second-order valence-corrected chi connectivity index (χ2v) is 6.03. The van der Waals surface area contributed by atoms with Crippen LogP contribution in [-0.4, -0.2) is 23.8 Å². The Balaban J connectivity index is 2.38. The average molecular weight is 282 g/mol. The van der Waals surface area contributed by atoms with Gasteiger partial charge in [-0.2, -0.15) is 0 Å². The number of benzene rings is 1. The van der Waals surface area contributed by atoms with E-state index >= 15 is 0 Å². The van der Waals surface area contributed by atoms with Crippen LogP contribution in [0.3, 0.4) is 0 Å². The fraction of sp³-hybridized carbons (Fsp3) is 0.533. The molecule has 20 heavy (non-hydrogen) atoms. The Hall–Kier alpha value is -1.62. The van der Waals surface area contributed by atoms with Gasteiger partial charge in [0.15, 0.2) is 0 Å². The number of hydrogen-bond acceptors (Lipinski definition) is 2. The summed E-state index contributed by atoms with van der Waals surface area (Å²) in [6.07, 6.45) is -0.610. The number of hydrogen-bond donors (Lipinski definition) is 3. The molecule has 0 aliphatic carbocycles. The summed E-state index contributed by atoms with van der Waals surface area (Å²) in [4.78, 5) is 11.6. The van der Waals surface area contributed by atoms with Crippen LogP contribution in [-0.2, 0) is 6.54 Å². The number of rotatable bonds is 4. The summed E-state index contributed by atoms with van der Waals surface area (Å²) in [6, 6.07) is 4.36. The van der Waals surface area contributed by atoms with Crippen molar-refractivity contribution in [1.82, 2.24) is 10.6 Å². The summed E-state index contributed by atoms with van der Waals surface area (Å²) in [7, 11) is 0. The van der Waals surface area contributed by atoms with E-state index in [2.05, 4.69) is 10.6 Å².